The first-order valence-electron chi connectivity index (χ1n) is 6.23. The Morgan fingerprint density at radius 2 is 2.30 bits per heavy atom. The number of nitrogens with one attached hydrogen (secondary N) is 1. The zero-order chi connectivity index (χ0) is 14.7. The molecule has 1 atom stereocenters. The highest BCUT2D eigenvalue weighted by molar-refractivity contribution is 7.14. The Kier molecular flexibility index (Phi) is 4.73. The summed E-state index contributed by atoms with van der Waals surface area (Å²) in [5.74, 6) is -0.566. The summed E-state index contributed by atoms with van der Waals surface area (Å²) in [7, 11) is 0. The number of halogens is 2. The first-order chi connectivity index (χ1) is 9.51. The molecule has 0 saturated heterocycles. The number of carbonyl (C=O) groups excluding carboxylic acids is 1. The second-order valence-corrected chi connectivity index (χ2v) is 5.73. The summed E-state index contributed by atoms with van der Waals surface area (Å²) in [6, 6.07) is 4.43. The zero-order valence-electron chi connectivity index (χ0n) is 11.1. The summed E-state index contributed by atoms with van der Waals surface area (Å²) in [6.45, 7) is 3.82. The maximum absolute atomic E-state index is 13.1. The molecule has 1 N–H and O–H groups in total. The van der Waals surface area contributed by atoms with Gasteiger partial charge in [0.25, 0.3) is 0 Å². The third kappa shape index (κ3) is 3.35. The van der Waals surface area contributed by atoms with Gasteiger partial charge >= 0.3 is 0 Å². The number of hydrogen-bond donors (Lipinski definition) is 1. The smallest absolute Gasteiger partial charge is 0.228 e. The van der Waals surface area contributed by atoms with Gasteiger partial charge in [0, 0.05) is 16.9 Å². The summed E-state index contributed by atoms with van der Waals surface area (Å²) < 4.78 is 13.1. The van der Waals surface area contributed by atoms with Crippen LogP contribution in [0.15, 0.2) is 23.6 Å². The Labute approximate surface area is 125 Å². The molecule has 0 aliphatic rings. The van der Waals surface area contributed by atoms with Gasteiger partial charge in [-0.2, -0.15) is 0 Å². The Hall–Kier alpha value is -1.46. The van der Waals surface area contributed by atoms with Crippen LogP contribution >= 0.6 is 22.9 Å². The van der Waals surface area contributed by atoms with Gasteiger partial charge in [-0.1, -0.05) is 25.4 Å². The molecule has 0 bridgehead atoms. The monoisotopic (exact) mass is 312 g/mol. The third-order valence-corrected chi connectivity index (χ3v) is 4.06. The van der Waals surface area contributed by atoms with Crippen molar-refractivity contribution in [3.05, 3.63) is 34.4 Å². The Balaban J connectivity index is 2.16. The fourth-order valence-electron chi connectivity index (χ4n) is 1.53. The molecule has 0 aliphatic heterocycles. The maximum Gasteiger partial charge on any atom is 0.228 e. The van der Waals surface area contributed by atoms with Crippen LogP contribution in [0.5, 0.6) is 0 Å². The SMILES string of the molecule is CCC(C)C(=O)Nc1nc(-c2ccc(F)c(Cl)c2)cs1. The van der Waals surface area contributed by atoms with Crippen LogP contribution in [0.25, 0.3) is 11.3 Å². The molecule has 1 amide bonds. The van der Waals surface area contributed by atoms with Crippen molar-refractivity contribution < 1.29 is 9.18 Å². The van der Waals surface area contributed by atoms with Crippen LogP contribution in [0, 0.1) is 11.7 Å². The predicted octanol–water partition coefficient (Wildman–Crippen LogP) is 4.59. The van der Waals surface area contributed by atoms with Crippen LogP contribution in [-0.2, 0) is 4.79 Å². The van der Waals surface area contributed by atoms with E-state index in [9.17, 15) is 9.18 Å². The third-order valence-electron chi connectivity index (χ3n) is 3.01. The molecule has 0 aliphatic carbocycles. The Morgan fingerprint density at radius 1 is 1.55 bits per heavy atom. The van der Waals surface area contributed by atoms with Gasteiger partial charge in [0.15, 0.2) is 5.13 Å². The molecule has 1 aromatic carbocycles. The second-order valence-electron chi connectivity index (χ2n) is 4.47. The molecular weight excluding hydrogens is 299 g/mol. The highest BCUT2D eigenvalue weighted by Crippen LogP contribution is 2.28. The number of anilines is 1. The molecule has 6 heteroatoms. The number of benzene rings is 1. The van der Waals surface area contributed by atoms with Crippen molar-refractivity contribution in [2.75, 3.05) is 5.32 Å². The Morgan fingerprint density at radius 3 is 2.95 bits per heavy atom. The van der Waals surface area contributed by atoms with E-state index in [-0.39, 0.29) is 16.8 Å². The maximum atomic E-state index is 13.1. The van der Waals surface area contributed by atoms with Gasteiger partial charge in [0.05, 0.1) is 10.7 Å². The number of carbonyl (C=O) groups is 1. The first kappa shape index (κ1) is 14.9. The average molecular weight is 313 g/mol. The molecule has 1 aromatic heterocycles. The van der Waals surface area contributed by atoms with Crippen molar-refractivity contribution in [1.29, 1.82) is 0 Å². The highest BCUT2D eigenvalue weighted by Gasteiger charge is 2.13. The lowest BCUT2D eigenvalue weighted by atomic mass is 10.1. The van der Waals surface area contributed by atoms with Gasteiger partial charge in [0.2, 0.25) is 5.91 Å². The molecule has 0 fully saturated rings. The van der Waals surface area contributed by atoms with E-state index in [1.54, 1.807) is 11.4 Å². The molecule has 1 unspecified atom stereocenters. The van der Waals surface area contributed by atoms with E-state index in [0.29, 0.717) is 10.8 Å². The fourth-order valence-corrected chi connectivity index (χ4v) is 2.44. The van der Waals surface area contributed by atoms with Gasteiger partial charge in [-0.05, 0) is 24.6 Å². The number of rotatable bonds is 4. The summed E-state index contributed by atoms with van der Waals surface area (Å²) >= 11 is 7.08. The summed E-state index contributed by atoms with van der Waals surface area (Å²) in [4.78, 5) is 16.1. The van der Waals surface area contributed by atoms with Crippen LogP contribution < -0.4 is 5.32 Å². The topological polar surface area (TPSA) is 42.0 Å². The standard InChI is InChI=1S/C14H14ClFN2OS/c1-3-8(2)13(19)18-14-17-12(7-20-14)9-4-5-11(16)10(15)6-9/h4-8H,3H2,1-2H3,(H,17,18,19). The fraction of sp³-hybridized carbons (Fsp3) is 0.286. The minimum atomic E-state index is -0.462. The lowest BCUT2D eigenvalue weighted by Crippen LogP contribution is -2.19. The molecule has 0 spiro atoms. The molecule has 20 heavy (non-hydrogen) atoms. The number of aromatic nitrogens is 1. The molecule has 0 radical (unpaired) electrons. The molecule has 2 rings (SSSR count). The summed E-state index contributed by atoms with van der Waals surface area (Å²) in [5, 5.41) is 5.16. The number of thiazole rings is 1. The summed E-state index contributed by atoms with van der Waals surface area (Å²) in [6.07, 6.45) is 0.775. The molecule has 2 aromatic rings. The van der Waals surface area contributed by atoms with Crippen molar-refractivity contribution in [3.8, 4) is 11.3 Å². The van der Waals surface area contributed by atoms with E-state index in [1.807, 2.05) is 13.8 Å². The lowest BCUT2D eigenvalue weighted by molar-refractivity contribution is -0.119. The van der Waals surface area contributed by atoms with Gasteiger partial charge in [-0.15, -0.1) is 11.3 Å². The number of amides is 1. The van der Waals surface area contributed by atoms with E-state index in [0.717, 1.165) is 12.0 Å². The van der Waals surface area contributed by atoms with Crippen molar-refractivity contribution in [1.82, 2.24) is 4.98 Å². The molecule has 3 nitrogen and oxygen atoms in total. The van der Waals surface area contributed by atoms with E-state index in [1.165, 1.54) is 23.5 Å². The van der Waals surface area contributed by atoms with Gasteiger partial charge in [-0.3, -0.25) is 4.79 Å². The predicted molar refractivity (Wildman–Crippen MR) is 80.6 cm³/mol. The van der Waals surface area contributed by atoms with Gasteiger partial charge in [-0.25, -0.2) is 9.37 Å². The van der Waals surface area contributed by atoms with Crippen LogP contribution in [-0.4, -0.2) is 10.9 Å². The van der Waals surface area contributed by atoms with E-state index in [4.69, 9.17) is 11.6 Å². The highest BCUT2D eigenvalue weighted by atomic mass is 35.5. The lowest BCUT2D eigenvalue weighted by Gasteiger charge is -2.06. The second kappa shape index (κ2) is 6.33. The van der Waals surface area contributed by atoms with Crippen molar-refractivity contribution in [2.45, 2.75) is 20.3 Å². The molecule has 1 heterocycles. The van der Waals surface area contributed by atoms with E-state index >= 15 is 0 Å². The number of hydrogen-bond acceptors (Lipinski definition) is 3. The minimum absolute atomic E-state index is 0.0504. The van der Waals surface area contributed by atoms with Crippen LogP contribution in [0.1, 0.15) is 20.3 Å². The quantitative estimate of drug-likeness (QED) is 0.897. The van der Waals surface area contributed by atoms with Gasteiger partial charge < -0.3 is 5.32 Å². The van der Waals surface area contributed by atoms with E-state index in [2.05, 4.69) is 10.3 Å². The Bertz CT molecular complexity index is 629. The molecule has 0 saturated carbocycles. The summed E-state index contributed by atoms with van der Waals surface area (Å²) in [5.41, 5.74) is 1.38. The normalized spacial score (nSPS) is 12.2. The average Bonchev–Trinajstić information content (AvgIpc) is 2.89. The number of nitrogens with zero attached hydrogens (tertiary/aromatic N) is 1. The van der Waals surface area contributed by atoms with Crippen LogP contribution in [0.3, 0.4) is 0 Å². The van der Waals surface area contributed by atoms with Gasteiger partial charge in [0.1, 0.15) is 5.82 Å². The van der Waals surface area contributed by atoms with Crippen LogP contribution in [0.4, 0.5) is 9.52 Å². The van der Waals surface area contributed by atoms with Crippen molar-refractivity contribution in [3.63, 3.8) is 0 Å². The minimum Gasteiger partial charge on any atom is -0.302 e. The zero-order valence-corrected chi connectivity index (χ0v) is 12.7. The van der Waals surface area contributed by atoms with Crippen LogP contribution in [0.2, 0.25) is 5.02 Å². The van der Waals surface area contributed by atoms with Crippen molar-refractivity contribution in [2.24, 2.45) is 5.92 Å². The van der Waals surface area contributed by atoms with Crippen molar-refractivity contribution >= 4 is 34.0 Å². The largest absolute Gasteiger partial charge is 0.302 e. The molecule has 106 valence electrons. The molecular formula is C14H14ClFN2OS. The first-order valence-corrected chi connectivity index (χ1v) is 7.48. The van der Waals surface area contributed by atoms with E-state index < -0.39 is 5.82 Å².